The number of hydrogen-bond acceptors (Lipinski definition) is 3. The molecule has 98 valence electrons. The molecule has 3 heteroatoms. The van der Waals surface area contributed by atoms with Crippen molar-refractivity contribution >= 4 is 16.7 Å². The Morgan fingerprint density at radius 2 is 1.84 bits per heavy atom. The summed E-state index contributed by atoms with van der Waals surface area (Å²) in [5, 5.41) is 11.9. The second kappa shape index (κ2) is 3.73. The maximum atomic E-state index is 11.8. The third-order valence-corrected chi connectivity index (χ3v) is 3.86. The van der Waals surface area contributed by atoms with Crippen molar-refractivity contribution in [2.24, 2.45) is 0 Å². The summed E-state index contributed by atoms with van der Waals surface area (Å²) in [7, 11) is 0. The molecule has 0 atom stereocenters. The molecular weight excluding hydrogens is 240 g/mol. The zero-order valence-corrected chi connectivity index (χ0v) is 11.3. The van der Waals surface area contributed by atoms with Crippen LogP contribution in [-0.2, 0) is 10.2 Å². The highest BCUT2D eigenvalue weighted by Gasteiger charge is 2.37. The lowest BCUT2D eigenvalue weighted by Gasteiger charge is -2.33. The maximum absolute atomic E-state index is 11.8. The van der Waals surface area contributed by atoms with Gasteiger partial charge in [0.1, 0.15) is 11.5 Å². The summed E-state index contributed by atoms with van der Waals surface area (Å²) in [6, 6.07) is 7.46. The van der Waals surface area contributed by atoms with Gasteiger partial charge in [0.2, 0.25) is 0 Å². The molecule has 0 aromatic heterocycles. The molecule has 2 aromatic rings. The van der Waals surface area contributed by atoms with Crippen molar-refractivity contribution < 1.29 is 14.6 Å². The number of phenols is 1. The zero-order chi connectivity index (χ0) is 13.8. The third-order valence-electron chi connectivity index (χ3n) is 3.86. The standard InChI is InChI=1S/C16H16O3/c1-9-13-15(19-12(17)8-16(13,2)3)11-7-5-4-6-10(11)14(9)18/h4-7,18H,8H2,1-3H3. The monoisotopic (exact) mass is 256 g/mol. The van der Waals surface area contributed by atoms with Gasteiger partial charge in [0.05, 0.1) is 6.42 Å². The lowest BCUT2D eigenvalue weighted by Crippen LogP contribution is -2.31. The summed E-state index contributed by atoms with van der Waals surface area (Å²) in [5.41, 5.74) is 1.41. The Labute approximate surface area is 111 Å². The van der Waals surface area contributed by atoms with Crippen molar-refractivity contribution in [1.82, 2.24) is 0 Å². The Morgan fingerprint density at radius 3 is 2.53 bits per heavy atom. The summed E-state index contributed by atoms with van der Waals surface area (Å²) in [4.78, 5) is 11.8. The lowest BCUT2D eigenvalue weighted by molar-refractivity contribution is -0.136. The molecule has 0 radical (unpaired) electrons. The quantitative estimate of drug-likeness (QED) is 0.580. The molecule has 0 saturated heterocycles. The average Bonchev–Trinajstić information content (AvgIpc) is 2.34. The van der Waals surface area contributed by atoms with Crippen LogP contribution < -0.4 is 4.74 Å². The number of aromatic hydroxyl groups is 1. The number of phenolic OH excluding ortho intramolecular Hbond substituents is 1. The van der Waals surface area contributed by atoms with E-state index in [9.17, 15) is 9.90 Å². The van der Waals surface area contributed by atoms with E-state index in [4.69, 9.17) is 4.74 Å². The number of carbonyl (C=O) groups excluding carboxylic acids is 1. The highest BCUT2D eigenvalue weighted by molar-refractivity contribution is 5.98. The minimum absolute atomic E-state index is 0.215. The van der Waals surface area contributed by atoms with E-state index in [1.807, 2.05) is 45.0 Å². The van der Waals surface area contributed by atoms with Crippen molar-refractivity contribution in [3.8, 4) is 11.5 Å². The Hall–Kier alpha value is -2.03. The van der Waals surface area contributed by atoms with E-state index in [1.165, 1.54) is 0 Å². The predicted octanol–water partition coefficient (Wildman–Crippen LogP) is 3.44. The van der Waals surface area contributed by atoms with Gasteiger partial charge < -0.3 is 9.84 Å². The van der Waals surface area contributed by atoms with E-state index in [1.54, 1.807) is 0 Å². The minimum atomic E-state index is -0.323. The van der Waals surface area contributed by atoms with Crippen molar-refractivity contribution in [1.29, 1.82) is 0 Å². The van der Waals surface area contributed by atoms with Crippen molar-refractivity contribution in [3.63, 3.8) is 0 Å². The number of hydrogen-bond donors (Lipinski definition) is 1. The molecule has 0 saturated carbocycles. The van der Waals surface area contributed by atoms with Gasteiger partial charge in [-0.1, -0.05) is 38.1 Å². The SMILES string of the molecule is Cc1c2c(c3ccccc3c1O)OC(=O)CC2(C)C. The molecule has 0 spiro atoms. The molecule has 19 heavy (non-hydrogen) atoms. The number of benzene rings is 2. The second-order valence-electron chi connectivity index (χ2n) is 5.76. The van der Waals surface area contributed by atoms with Gasteiger partial charge in [-0.15, -0.1) is 0 Å². The Balaban J connectivity index is 2.49. The van der Waals surface area contributed by atoms with E-state index in [0.717, 1.165) is 21.9 Å². The van der Waals surface area contributed by atoms with Crippen molar-refractivity contribution in [3.05, 3.63) is 35.4 Å². The molecule has 0 unspecified atom stereocenters. The predicted molar refractivity (Wildman–Crippen MR) is 73.6 cm³/mol. The van der Waals surface area contributed by atoms with Gasteiger partial charge in [-0.05, 0) is 12.5 Å². The minimum Gasteiger partial charge on any atom is -0.507 e. The van der Waals surface area contributed by atoms with E-state index >= 15 is 0 Å². The first-order chi connectivity index (χ1) is 8.92. The van der Waals surface area contributed by atoms with E-state index in [2.05, 4.69) is 0 Å². The molecule has 3 rings (SSSR count). The molecule has 0 bridgehead atoms. The fourth-order valence-corrected chi connectivity index (χ4v) is 3.03. The fraction of sp³-hybridized carbons (Fsp3) is 0.312. The number of ether oxygens (including phenoxy) is 1. The molecule has 1 aliphatic rings. The van der Waals surface area contributed by atoms with Gasteiger partial charge in [0.25, 0.3) is 0 Å². The first-order valence-corrected chi connectivity index (χ1v) is 6.37. The topological polar surface area (TPSA) is 46.5 Å². The highest BCUT2D eigenvalue weighted by Crippen LogP contribution is 2.48. The van der Waals surface area contributed by atoms with Gasteiger partial charge in [-0.25, -0.2) is 0 Å². The summed E-state index contributed by atoms with van der Waals surface area (Å²) < 4.78 is 5.47. The summed E-state index contributed by atoms with van der Waals surface area (Å²) in [6.07, 6.45) is 0.332. The zero-order valence-electron chi connectivity index (χ0n) is 11.3. The first-order valence-electron chi connectivity index (χ1n) is 6.37. The van der Waals surface area contributed by atoms with Crippen LogP contribution in [0.1, 0.15) is 31.4 Å². The molecule has 0 aliphatic carbocycles. The average molecular weight is 256 g/mol. The van der Waals surface area contributed by atoms with Crippen LogP contribution >= 0.6 is 0 Å². The third kappa shape index (κ3) is 1.61. The van der Waals surface area contributed by atoms with Crippen LogP contribution in [0.15, 0.2) is 24.3 Å². The van der Waals surface area contributed by atoms with Gasteiger partial charge in [0.15, 0.2) is 0 Å². The van der Waals surface area contributed by atoms with E-state index in [0.29, 0.717) is 12.2 Å². The molecule has 0 fully saturated rings. The van der Waals surface area contributed by atoms with Crippen LogP contribution in [0.2, 0.25) is 0 Å². The molecular formula is C16H16O3. The molecule has 1 N–H and O–H groups in total. The number of carbonyl (C=O) groups is 1. The van der Waals surface area contributed by atoms with Gasteiger partial charge in [-0.2, -0.15) is 0 Å². The smallest absolute Gasteiger partial charge is 0.312 e. The number of esters is 1. The largest absolute Gasteiger partial charge is 0.507 e. The Kier molecular flexibility index (Phi) is 2.36. The molecule has 0 amide bonds. The van der Waals surface area contributed by atoms with Gasteiger partial charge in [-0.3, -0.25) is 4.79 Å². The normalized spacial score (nSPS) is 17.1. The van der Waals surface area contributed by atoms with Gasteiger partial charge in [0, 0.05) is 21.8 Å². The molecule has 1 aliphatic heterocycles. The Morgan fingerprint density at radius 1 is 1.21 bits per heavy atom. The van der Waals surface area contributed by atoms with E-state index < -0.39 is 0 Å². The van der Waals surface area contributed by atoms with E-state index in [-0.39, 0.29) is 17.1 Å². The van der Waals surface area contributed by atoms with Crippen molar-refractivity contribution in [2.75, 3.05) is 0 Å². The second-order valence-corrected chi connectivity index (χ2v) is 5.76. The van der Waals surface area contributed by atoms with Crippen molar-refractivity contribution in [2.45, 2.75) is 32.6 Å². The first kappa shape index (κ1) is 12.0. The summed E-state index contributed by atoms with van der Waals surface area (Å²) in [5.74, 6) is 0.667. The summed E-state index contributed by atoms with van der Waals surface area (Å²) >= 11 is 0. The fourth-order valence-electron chi connectivity index (χ4n) is 3.03. The highest BCUT2D eigenvalue weighted by atomic mass is 16.5. The molecule has 3 nitrogen and oxygen atoms in total. The van der Waals surface area contributed by atoms with Crippen LogP contribution in [0.3, 0.4) is 0 Å². The van der Waals surface area contributed by atoms with Crippen LogP contribution in [0.5, 0.6) is 11.5 Å². The molecule has 1 heterocycles. The Bertz CT molecular complexity index is 699. The van der Waals surface area contributed by atoms with Gasteiger partial charge >= 0.3 is 5.97 Å². The lowest BCUT2D eigenvalue weighted by atomic mass is 9.76. The number of fused-ring (bicyclic) bond motifs is 3. The maximum Gasteiger partial charge on any atom is 0.312 e. The van der Waals surface area contributed by atoms with Crippen LogP contribution in [0, 0.1) is 6.92 Å². The summed E-state index contributed by atoms with van der Waals surface area (Å²) in [6.45, 7) is 5.89. The van der Waals surface area contributed by atoms with Crippen LogP contribution in [-0.4, -0.2) is 11.1 Å². The van der Waals surface area contributed by atoms with Crippen LogP contribution in [0.25, 0.3) is 10.8 Å². The molecule has 2 aromatic carbocycles. The number of rotatable bonds is 0. The van der Waals surface area contributed by atoms with Crippen LogP contribution in [0.4, 0.5) is 0 Å².